The molecule has 1 heteroatoms. The van der Waals surface area contributed by atoms with Gasteiger partial charge in [0.1, 0.15) is 0 Å². The molecule has 0 aliphatic carbocycles. The van der Waals surface area contributed by atoms with Crippen LogP contribution in [0.4, 0.5) is 0 Å². The molecule has 0 radical (unpaired) electrons. The van der Waals surface area contributed by atoms with E-state index in [0.717, 1.165) is 6.54 Å². The lowest BCUT2D eigenvalue weighted by Crippen LogP contribution is -2.22. The fraction of sp³-hybridized carbons (Fsp3) is 1.00. The van der Waals surface area contributed by atoms with Crippen LogP contribution in [0.3, 0.4) is 0 Å². The van der Waals surface area contributed by atoms with Crippen LogP contribution in [0.5, 0.6) is 0 Å². The Morgan fingerprint density at radius 1 is 1.25 bits per heavy atom. The van der Waals surface area contributed by atoms with Gasteiger partial charge < -0.3 is 5.32 Å². The minimum atomic E-state index is 0. The minimum absolute atomic E-state index is 0. The molecule has 0 aliphatic heterocycles. The van der Waals surface area contributed by atoms with Gasteiger partial charge in [0, 0.05) is 0 Å². The highest BCUT2D eigenvalue weighted by Gasteiger charge is 2.05. The zero-order valence-electron chi connectivity index (χ0n) is 5.71. The van der Waals surface area contributed by atoms with Gasteiger partial charge >= 0.3 is 0 Å². The summed E-state index contributed by atoms with van der Waals surface area (Å²) in [6.45, 7) is 7.73. The van der Waals surface area contributed by atoms with E-state index in [4.69, 9.17) is 0 Å². The molecule has 0 bridgehead atoms. The normalized spacial score (nSPS) is 10.5. The Balaban J connectivity index is 0. The molecule has 0 aromatic carbocycles. The van der Waals surface area contributed by atoms with E-state index in [0.29, 0.717) is 5.41 Å². The Hall–Kier alpha value is -0.0400. The number of nitrogens with one attached hydrogen (secondary N) is 1. The van der Waals surface area contributed by atoms with Crippen LogP contribution in [0.1, 0.15) is 28.2 Å². The van der Waals surface area contributed by atoms with Crippen molar-refractivity contribution in [2.45, 2.75) is 28.2 Å². The molecule has 0 aliphatic rings. The van der Waals surface area contributed by atoms with E-state index in [9.17, 15) is 0 Å². The van der Waals surface area contributed by atoms with Gasteiger partial charge in [0.15, 0.2) is 0 Å². The highest BCUT2D eigenvalue weighted by molar-refractivity contribution is 4.61. The highest BCUT2D eigenvalue weighted by atomic mass is 14.8. The summed E-state index contributed by atoms with van der Waals surface area (Å²) in [5, 5.41) is 3.11. The summed E-state index contributed by atoms with van der Waals surface area (Å²) in [6, 6.07) is 0. The first-order valence-electron chi connectivity index (χ1n) is 2.71. The fourth-order valence-electron chi connectivity index (χ4n) is 0.530. The fourth-order valence-corrected chi connectivity index (χ4v) is 0.530. The van der Waals surface area contributed by atoms with Gasteiger partial charge in [-0.15, -0.1) is 0 Å². The Kier molecular flexibility index (Phi) is 5.29. The molecule has 52 valence electrons. The number of hydrogen-bond donors (Lipinski definition) is 1. The molecule has 8 heavy (non-hydrogen) atoms. The molecule has 0 fully saturated rings. The van der Waals surface area contributed by atoms with Crippen LogP contribution < -0.4 is 5.32 Å². The lowest BCUT2D eigenvalue weighted by molar-refractivity contribution is 0.395. The summed E-state index contributed by atoms with van der Waals surface area (Å²) >= 11 is 0. The summed E-state index contributed by atoms with van der Waals surface area (Å²) in [7, 11) is 1.98. The molecule has 0 rings (SSSR count). The molecule has 0 amide bonds. The van der Waals surface area contributed by atoms with Crippen LogP contribution in [0.15, 0.2) is 0 Å². The zero-order chi connectivity index (χ0) is 5.91. The van der Waals surface area contributed by atoms with E-state index >= 15 is 0 Å². The van der Waals surface area contributed by atoms with E-state index < -0.39 is 0 Å². The van der Waals surface area contributed by atoms with Crippen molar-refractivity contribution in [3.8, 4) is 0 Å². The van der Waals surface area contributed by atoms with Crippen molar-refractivity contribution in [1.29, 1.82) is 0 Å². The highest BCUT2D eigenvalue weighted by Crippen LogP contribution is 2.09. The van der Waals surface area contributed by atoms with E-state index in [-0.39, 0.29) is 7.43 Å². The minimum Gasteiger partial charge on any atom is -0.319 e. The summed E-state index contributed by atoms with van der Waals surface area (Å²) < 4.78 is 0. The van der Waals surface area contributed by atoms with Gasteiger partial charge in [-0.1, -0.05) is 28.2 Å². The van der Waals surface area contributed by atoms with Gasteiger partial charge in [0.2, 0.25) is 0 Å². The van der Waals surface area contributed by atoms with Gasteiger partial charge in [0.25, 0.3) is 0 Å². The molecule has 1 nitrogen and oxygen atoms in total. The lowest BCUT2D eigenvalue weighted by atomic mass is 9.97. The van der Waals surface area contributed by atoms with Crippen molar-refractivity contribution in [3.63, 3.8) is 0 Å². The van der Waals surface area contributed by atoms with Crippen molar-refractivity contribution in [1.82, 2.24) is 5.32 Å². The zero-order valence-corrected chi connectivity index (χ0v) is 5.71. The first kappa shape index (κ1) is 10.9. The molecular weight excluding hydrogens is 98.1 g/mol. The van der Waals surface area contributed by atoms with Crippen LogP contribution in [-0.2, 0) is 0 Å². The number of rotatable bonds is 1. The van der Waals surface area contributed by atoms with Gasteiger partial charge in [-0.05, 0) is 19.0 Å². The maximum absolute atomic E-state index is 3.11. The molecule has 0 aromatic rings. The van der Waals surface area contributed by atoms with Gasteiger partial charge in [-0.3, -0.25) is 0 Å². The predicted octanol–water partition coefficient (Wildman–Crippen LogP) is 1.89. The second kappa shape index (κ2) is 3.90. The summed E-state index contributed by atoms with van der Waals surface area (Å²) in [6.07, 6.45) is 0. The molecule has 0 saturated heterocycles. The average Bonchev–Trinajstić information content (AvgIpc) is 1.30. The van der Waals surface area contributed by atoms with Crippen molar-refractivity contribution in [2.75, 3.05) is 13.6 Å². The third-order valence-corrected chi connectivity index (χ3v) is 0.707. The van der Waals surface area contributed by atoms with Crippen LogP contribution in [0.2, 0.25) is 0 Å². The molecule has 0 spiro atoms. The maximum Gasteiger partial charge on any atom is -0.000313 e. The van der Waals surface area contributed by atoms with Crippen LogP contribution in [0, 0.1) is 5.41 Å². The van der Waals surface area contributed by atoms with Crippen molar-refractivity contribution >= 4 is 0 Å². The van der Waals surface area contributed by atoms with Gasteiger partial charge in [-0.2, -0.15) is 0 Å². The summed E-state index contributed by atoms with van der Waals surface area (Å²) in [5.74, 6) is 0. The van der Waals surface area contributed by atoms with Crippen LogP contribution in [0.25, 0.3) is 0 Å². The molecule has 0 aromatic heterocycles. The SMILES string of the molecule is C.CNCC(C)(C)C. The monoisotopic (exact) mass is 117 g/mol. The Morgan fingerprint density at radius 2 is 1.62 bits per heavy atom. The van der Waals surface area contributed by atoms with E-state index in [1.165, 1.54) is 0 Å². The van der Waals surface area contributed by atoms with Gasteiger partial charge in [0.05, 0.1) is 0 Å². The van der Waals surface area contributed by atoms with Crippen LogP contribution in [-0.4, -0.2) is 13.6 Å². The summed E-state index contributed by atoms with van der Waals surface area (Å²) in [5.41, 5.74) is 0.439. The van der Waals surface area contributed by atoms with Crippen molar-refractivity contribution < 1.29 is 0 Å². The predicted molar refractivity (Wildman–Crippen MR) is 40.1 cm³/mol. The first-order valence-corrected chi connectivity index (χ1v) is 2.71. The second-order valence-electron chi connectivity index (χ2n) is 3.09. The second-order valence-corrected chi connectivity index (χ2v) is 3.09. The largest absolute Gasteiger partial charge is 0.319 e. The summed E-state index contributed by atoms with van der Waals surface area (Å²) in [4.78, 5) is 0. The Morgan fingerprint density at radius 3 is 1.62 bits per heavy atom. The topological polar surface area (TPSA) is 12.0 Å². The Bertz CT molecular complexity index is 42.8. The van der Waals surface area contributed by atoms with Crippen molar-refractivity contribution in [2.24, 2.45) is 5.41 Å². The lowest BCUT2D eigenvalue weighted by Gasteiger charge is -2.16. The average molecular weight is 117 g/mol. The van der Waals surface area contributed by atoms with E-state index in [2.05, 4.69) is 26.1 Å². The van der Waals surface area contributed by atoms with Crippen LogP contribution >= 0.6 is 0 Å². The molecule has 0 unspecified atom stereocenters. The third kappa shape index (κ3) is 9.35. The Labute approximate surface area is 53.5 Å². The molecule has 0 saturated carbocycles. The van der Waals surface area contributed by atoms with E-state index in [1.54, 1.807) is 0 Å². The smallest absolute Gasteiger partial charge is 0.000313 e. The molecule has 0 atom stereocenters. The van der Waals surface area contributed by atoms with Crippen molar-refractivity contribution in [3.05, 3.63) is 0 Å². The van der Waals surface area contributed by atoms with E-state index in [1.807, 2.05) is 7.05 Å². The number of hydrogen-bond acceptors (Lipinski definition) is 1. The molecular formula is C7H19N. The standard InChI is InChI=1S/C6H15N.CH4/c1-6(2,3)5-7-4;/h7H,5H2,1-4H3;1H4. The first-order chi connectivity index (χ1) is 3.06. The molecule has 0 heterocycles. The maximum atomic E-state index is 3.11. The third-order valence-electron chi connectivity index (χ3n) is 0.707. The molecule has 1 N–H and O–H groups in total. The quantitative estimate of drug-likeness (QED) is 0.553. The van der Waals surface area contributed by atoms with Gasteiger partial charge in [-0.25, -0.2) is 0 Å².